The summed E-state index contributed by atoms with van der Waals surface area (Å²) >= 11 is 12.0. The Morgan fingerprint density at radius 1 is 0.828 bits per heavy atom. The maximum atomic E-state index is 12.7. The van der Waals surface area contributed by atoms with Gasteiger partial charge in [-0.15, -0.1) is 0 Å². The van der Waals surface area contributed by atoms with Crippen molar-refractivity contribution in [2.24, 2.45) is 0 Å². The predicted molar refractivity (Wildman–Crippen MR) is 108 cm³/mol. The van der Waals surface area contributed by atoms with E-state index in [2.05, 4.69) is 0 Å². The summed E-state index contributed by atoms with van der Waals surface area (Å²) in [7, 11) is 0. The number of carbonyl (C=O) groups excluding carboxylic acids is 1. The van der Waals surface area contributed by atoms with Crippen LogP contribution < -0.4 is 16.0 Å². The molecule has 4 aromatic rings. The average Bonchev–Trinajstić information content (AvgIpc) is 2.66. The summed E-state index contributed by atoms with van der Waals surface area (Å²) < 4.78 is 16.8. The van der Waals surface area contributed by atoms with Crippen molar-refractivity contribution in [2.45, 2.75) is 12.8 Å². The molecule has 0 amide bonds. The Morgan fingerprint density at radius 2 is 1.28 bits per heavy atom. The van der Waals surface area contributed by atoms with E-state index in [1.165, 1.54) is 19.1 Å². The summed E-state index contributed by atoms with van der Waals surface area (Å²) in [5.41, 5.74) is -1.22. The Bertz CT molecular complexity index is 1380. The fraction of sp³-hybridized carbons (Fsp3) is 0.0952. The van der Waals surface area contributed by atoms with Gasteiger partial charge in [0.2, 0.25) is 0 Å². The van der Waals surface area contributed by atoms with Crippen molar-refractivity contribution in [1.29, 1.82) is 0 Å². The molecule has 1 aliphatic rings. The monoisotopic (exact) mass is 428 g/mol. The second-order valence-corrected chi connectivity index (χ2v) is 7.56. The van der Waals surface area contributed by atoms with Gasteiger partial charge in [-0.3, -0.25) is 4.79 Å². The summed E-state index contributed by atoms with van der Waals surface area (Å²) in [6.45, 7) is 1.29. The molecule has 0 saturated carbocycles. The molecule has 144 valence electrons. The fourth-order valence-corrected chi connectivity index (χ4v) is 4.02. The van der Waals surface area contributed by atoms with Gasteiger partial charge in [0.25, 0.3) is 0 Å². The van der Waals surface area contributed by atoms with Crippen molar-refractivity contribution in [3.05, 3.63) is 78.4 Å². The van der Waals surface area contributed by atoms with Crippen LogP contribution in [0, 0.1) is 0 Å². The van der Waals surface area contributed by atoms with Gasteiger partial charge in [0.05, 0.1) is 27.8 Å². The quantitative estimate of drug-likeness (QED) is 0.395. The van der Waals surface area contributed by atoms with Gasteiger partial charge in [-0.25, -0.2) is 9.59 Å². The van der Waals surface area contributed by atoms with Gasteiger partial charge in [0, 0.05) is 22.2 Å². The Kier molecular flexibility index (Phi) is 3.84. The van der Waals surface area contributed by atoms with Crippen LogP contribution in [0.4, 0.5) is 0 Å². The van der Waals surface area contributed by atoms with Gasteiger partial charge in [0.1, 0.15) is 28.4 Å². The first-order valence-corrected chi connectivity index (χ1v) is 9.31. The second-order valence-electron chi connectivity index (χ2n) is 6.69. The van der Waals surface area contributed by atoms with E-state index >= 15 is 0 Å². The van der Waals surface area contributed by atoms with Crippen molar-refractivity contribution in [3.8, 4) is 11.5 Å². The van der Waals surface area contributed by atoms with Crippen molar-refractivity contribution >= 4 is 50.9 Å². The maximum Gasteiger partial charge on any atom is 0.344 e. The van der Waals surface area contributed by atoms with Gasteiger partial charge in [0.15, 0.2) is 0 Å². The van der Waals surface area contributed by atoms with E-state index in [1.54, 1.807) is 24.3 Å². The third kappa shape index (κ3) is 2.60. The molecule has 29 heavy (non-hydrogen) atoms. The van der Waals surface area contributed by atoms with Crippen molar-refractivity contribution in [2.75, 3.05) is 0 Å². The first kappa shape index (κ1) is 18.0. The molecule has 1 aliphatic heterocycles. The van der Waals surface area contributed by atoms with E-state index in [9.17, 15) is 14.4 Å². The zero-order valence-corrected chi connectivity index (χ0v) is 16.3. The van der Waals surface area contributed by atoms with Crippen molar-refractivity contribution in [3.63, 3.8) is 0 Å². The van der Waals surface area contributed by atoms with Gasteiger partial charge in [-0.2, -0.15) is 0 Å². The number of benzene rings is 2. The molecule has 0 saturated heterocycles. The highest BCUT2D eigenvalue weighted by Gasteiger charge is 2.39. The van der Waals surface area contributed by atoms with Gasteiger partial charge >= 0.3 is 11.3 Å². The van der Waals surface area contributed by atoms with Crippen LogP contribution in [-0.2, 0) is 4.79 Å². The lowest BCUT2D eigenvalue weighted by Crippen LogP contribution is -2.29. The molecule has 0 fully saturated rings. The minimum atomic E-state index is -1.18. The van der Waals surface area contributed by atoms with Gasteiger partial charge in [-0.1, -0.05) is 23.2 Å². The number of ketones is 1. The number of ether oxygens (including phenoxy) is 1. The van der Waals surface area contributed by atoms with Crippen LogP contribution in [0.5, 0.6) is 11.5 Å². The number of hydrogen-bond acceptors (Lipinski definition) is 6. The van der Waals surface area contributed by atoms with Gasteiger partial charge < -0.3 is 13.6 Å². The Balaban J connectivity index is 1.95. The zero-order chi connectivity index (χ0) is 20.4. The molecule has 0 spiro atoms. The molecule has 2 aromatic carbocycles. The lowest BCUT2D eigenvalue weighted by atomic mass is 9.86. The van der Waals surface area contributed by atoms with Crippen LogP contribution in [0.15, 0.2) is 54.8 Å². The minimum Gasteiger partial charge on any atom is -0.455 e. The fourth-order valence-electron chi connectivity index (χ4n) is 3.69. The molecule has 8 heteroatoms. The Morgan fingerprint density at radius 3 is 1.69 bits per heavy atom. The maximum absolute atomic E-state index is 12.7. The molecule has 0 aliphatic carbocycles. The third-order valence-electron chi connectivity index (χ3n) is 4.90. The van der Waals surface area contributed by atoms with E-state index in [1.807, 2.05) is 0 Å². The molecule has 2 aromatic heterocycles. The number of rotatable bonds is 1. The lowest BCUT2D eigenvalue weighted by molar-refractivity contribution is -0.117. The van der Waals surface area contributed by atoms with E-state index in [4.69, 9.17) is 36.8 Å². The number of fused-ring (bicyclic) bond motifs is 6. The van der Waals surface area contributed by atoms with Crippen LogP contribution in [0.25, 0.3) is 21.9 Å². The minimum absolute atomic E-state index is 0.0413. The Hall–Kier alpha value is -3.09. The van der Waals surface area contributed by atoms with Crippen LogP contribution in [-0.4, -0.2) is 5.78 Å². The number of hydrogen-bond donors (Lipinski definition) is 0. The number of Topliss-reactive ketones (excluding diaryl/α,β-unsaturated/α-hetero) is 1. The molecule has 0 unspecified atom stereocenters. The summed E-state index contributed by atoms with van der Waals surface area (Å²) in [6.07, 6.45) is 0. The summed E-state index contributed by atoms with van der Waals surface area (Å²) in [5, 5.41) is 1.66. The SMILES string of the molecule is CC(=O)C1c2c(c3ccc(Cl)cc3oc2=O)Oc2c1c(=O)oc1cc(Cl)ccc21. The summed E-state index contributed by atoms with van der Waals surface area (Å²) in [6, 6.07) is 9.46. The van der Waals surface area contributed by atoms with Crippen LogP contribution in [0.1, 0.15) is 24.0 Å². The van der Waals surface area contributed by atoms with Crippen LogP contribution in [0.3, 0.4) is 0 Å². The average molecular weight is 429 g/mol. The molecule has 0 radical (unpaired) electrons. The van der Waals surface area contributed by atoms with E-state index < -0.39 is 23.0 Å². The highest BCUT2D eigenvalue weighted by Crippen LogP contribution is 2.47. The molecule has 3 heterocycles. The first-order valence-electron chi connectivity index (χ1n) is 8.56. The predicted octanol–water partition coefficient (Wildman–Crippen LogP) is 5.03. The topological polar surface area (TPSA) is 86.7 Å². The molecular formula is C21H10Cl2O6. The third-order valence-corrected chi connectivity index (χ3v) is 5.37. The zero-order valence-electron chi connectivity index (χ0n) is 14.7. The van der Waals surface area contributed by atoms with E-state index in [-0.39, 0.29) is 33.8 Å². The molecule has 0 bridgehead atoms. The highest BCUT2D eigenvalue weighted by atomic mass is 35.5. The molecular weight excluding hydrogens is 419 g/mol. The smallest absolute Gasteiger partial charge is 0.344 e. The molecule has 0 N–H and O–H groups in total. The number of halogens is 2. The second kappa shape index (κ2) is 6.20. The lowest BCUT2D eigenvalue weighted by Gasteiger charge is -2.26. The summed E-state index contributed by atoms with van der Waals surface area (Å²) in [5.74, 6) is -1.29. The van der Waals surface area contributed by atoms with E-state index in [0.29, 0.717) is 20.8 Å². The van der Waals surface area contributed by atoms with Gasteiger partial charge in [-0.05, 0) is 31.2 Å². The number of carbonyl (C=O) groups is 1. The molecule has 5 rings (SSSR count). The van der Waals surface area contributed by atoms with Crippen molar-refractivity contribution in [1.82, 2.24) is 0 Å². The Labute approximate surface area is 172 Å². The van der Waals surface area contributed by atoms with Crippen LogP contribution in [0.2, 0.25) is 10.0 Å². The van der Waals surface area contributed by atoms with Crippen molar-refractivity contribution < 1.29 is 18.4 Å². The largest absolute Gasteiger partial charge is 0.455 e. The summed E-state index contributed by atoms with van der Waals surface area (Å²) in [4.78, 5) is 38.0. The normalized spacial score (nSPS) is 13.2. The molecule has 6 nitrogen and oxygen atoms in total. The van der Waals surface area contributed by atoms with E-state index in [0.717, 1.165) is 0 Å². The molecule has 0 atom stereocenters. The standard InChI is InChI=1S/C21H10Cl2O6/c1-8(24)15-16-18(11-4-2-9(22)6-13(11)27-20(16)25)29-19-12-5-3-10(23)7-14(12)28-21(26)17(15)19/h2-7,15H,1H3. The highest BCUT2D eigenvalue weighted by molar-refractivity contribution is 6.31. The first-order chi connectivity index (χ1) is 13.8. The van der Waals surface area contributed by atoms with Crippen LogP contribution >= 0.6 is 23.2 Å².